The van der Waals surface area contributed by atoms with Crippen LogP contribution in [0.25, 0.3) is 0 Å². The van der Waals surface area contributed by atoms with Crippen LogP contribution in [0.4, 0.5) is 13.2 Å². The molecule has 0 bridgehead atoms. The Hall–Kier alpha value is -2.39. The molecular weight excluding hydrogens is 325 g/mol. The predicted octanol–water partition coefficient (Wildman–Crippen LogP) is 1.17. The fourth-order valence-electron chi connectivity index (χ4n) is 3.45. The van der Waals surface area contributed by atoms with Gasteiger partial charge in [-0.1, -0.05) is 0 Å². The van der Waals surface area contributed by atoms with Gasteiger partial charge in [-0.15, -0.1) is 0 Å². The highest BCUT2D eigenvalue weighted by Gasteiger charge is 2.39. The molecule has 2 aromatic heterocycles. The molecule has 1 aliphatic heterocycles. The van der Waals surface area contributed by atoms with Crippen LogP contribution in [0.2, 0.25) is 0 Å². The Morgan fingerprint density at radius 2 is 2.04 bits per heavy atom. The van der Waals surface area contributed by atoms with Gasteiger partial charge in [0.15, 0.2) is 0 Å². The van der Waals surface area contributed by atoms with E-state index in [4.69, 9.17) is 0 Å². The van der Waals surface area contributed by atoms with E-state index in [0.29, 0.717) is 25.0 Å². The van der Waals surface area contributed by atoms with E-state index in [1.54, 1.807) is 4.90 Å². The van der Waals surface area contributed by atoms with Gasteiger partial charge in [-0.05, 0) is 12.8 Å². The van der Waals surface area contributed by atoms with Crippen LogP contribution in [-0.4, -0.2) is 42.3 Å². The number of fused-ring (bicyclic) bond motifs is 2. The summed E-state index contributed by atoms with van der Waals surface area (Å²) in [7, 11) is 0. The molecular formula is C14H15F3N6O. The number of amides is 1. The molecule has 3 heterocycles. The van der Waals surface area contributed by atoms with E-state index >= 15 is 0 Å². The van der Waals surface area contributed by atoms with Crippen molar-refractivity contribution in [2.24, 2.45) is 5.92 Å². The van der Waals surface area contributed by atoms with Gasteiger partial charge in [0.1, 0.15) is 0 Å². The van der Waals surface area contributed by atoms with E-state index in [2.05, 4.69) is 20.4 Å². The average Bonchev–Trinajstić information content (AvgIpc) is 3.18. The number of halogens is 3. The Balaban J connectivity index is 1.49. The molecule has 1 unspecified atom stereocenters. The predicted molar refractivity (Wildman–Crippen MR) is 74.5 cm³/mol. The summed E-state index contributed by atoms with van der Waals surface area (Å²) in [5.41, 5.74) is 2.12. The lowest BCUT2D eigenvalue weighted by Crippen LogP contribution is -2.43. The fraction of sp³-hybridized carbons (Fsp3) is 0.571. The maximum Gasteiger partial charge on any atom is 0.449 e. The molecule has 0 fully saturated rings. The van der Waals surface area contributed by atoms with E-state index in [1.807, 2.05) is 0 Å². The lowest BCUT2D eigenvalue weighted by atomic mass is 9.88. The van der Waals surface area contributed by atoms with Gasteiger partial charge in [0.05, 0.1) is 29.8 Å². The van der Waals surface area contributed by atoms with Crippen LogP contribution in [0, 0.1) is 5.92 Å². The highest BCUT2D eigenvalue weighted by molar-refractivity contribution is 5.79. The summed E-state index contributed by atoms with van der Waals surface area (Å²) in [5.74, 6) is -1.13. The minimum Gasteiger partial charge on any atom is -0.335 e. The number of aryl methyl sites for hydroxylation is 1. The van der Waals surface area contributed by atoms with Crippen LogP contribution in [0.1, 0.15) is 29.3 Å². The Labute approximate surface area is 134 Å². The largest absolute Gasteiger partial charge is 0.449 e. The number of hydrogen-bond acceptors (Lipinski definition) is 4. The summed E-state index contributed by atoms with van der Waals surface area (Å²) in [6, 6.07) is 0. The monoisotopic (exact) mass is 340 g/mol. The Morgan fingerprint density at radius 3 is 2.83 bits per heavy atom. The zero-order valence-corrected chi connectivity index (χ0v) is 12.7. The number of rotatable bonds is 1. The molecule has 1 atom stereocenters. The van der Waals surface area contributed by atoms with Crippen molar-refractivity contribution in [1.29, 1.82) is 0 Å². The maximum atomic E-state index is 12.9. The zero-order chi connectivity index (χ0) is 16.9. The lowest BCUT2D eigenvalue weighted by Gasteiger charge is -2.32. The van der Waals surface area contributed by atoms with Crippen molar-refractivity contribution < 1.29 is 18.0 Å². The molecule has 0 radical (unpaired) electrons. The molecule has 0 saturated carbocycles. The standard InChI is InChI=1S/C14H15F3N6O/c15-14(16,17)13-18-6-9-7-22(3-4-23(9)13)12(24)8-1-2-10-11(5-8)20-21-19-10/h6,8H,1-5,7H2,(H,19,20,21). The minimum atomic E-state index is -4.48. The van der Waals surface area contributed by atoms with Gasteiger partial charge in [0.2, 0.25) is 11.7 Å². The highest BCUT2D eigenvalue weighted by atomic mass is 19.4. The Morgan fingerprint density at radius 1 is 1.25 bits per heavy atom. The van der Waals surface area contributed by atoms with Gasteiger partial charge in [-0.2, -0.15) is 28.6 Å². The average molecular weight is 340 g/mol. The van der Waals surface area contributed by atoms with Crippen LogP contribution in [0.15, 0.2) is 6.20 Å². The summed E-state index contributed by atoms with van der Waals surface area (Å²) in [6.07, 6.45) is -1.38. The van der Waals surface area contributed by atoms with Crippen molar-refractivity contribution in [3.8, 4) is 0 Å². The van der Waals surface area contributed by atoms with Crippen molar-refractivity contribution in [1.82, 2.24) is 29.9 Å². The second-order valence-corrected chi connectivity index (χ2v) is 6.14. The smallest absolute Gasteiger partial charge is 0.335 e. The van der Waals surface area contributed by atoms with E-state index in [1.165, 1.54) is 6.20 Å². The number of carbonyl (C=O) groups excluding carboxylic acids is 1. The van der Waals surface area contributed by atoms with Gasteiger partial charge in [0, 0.05) is 25.4 Å². The summed E-state index contributed by atoms with van der Waals surface area (Å²) in [4.78, 5) is 17.8. The lowest BCUT2D eigenvalue weighted by molar-refractivity contribution is -0.148. The topological polar surface area (TPSA) is 79.7 Å². The summed E-state index contributed by atoms with van der Waals surface area (Å²) in [6.45, 7) is 0.523. The van der Waals surface area contributed by atoms with Gasteiger partial charge in [-0.25, -0.2) is 4.98 Å². The van der Waals surface area contributed by atoms with E-state index < -0.39 is 12.0 Å². The number of nitrogens with zero attached hydrogens (tertiary/aromatic N) is 5. The normalized spacial score (nSPS) is 20.6. The first-order chi connectivity index (χ1) is 11.4. The number of carbonyl (C=O) groups is 1. The van der Waals surface area contributed by atoms with Crippen LogP contribution in [0.5, 0.6) is 0 Å². The first-order valence-corrected chi connectivity index (χ1v) is 7.72. The number of H-pyrrole nitrogens is 1. The van der Waals surface area contributed by atoms with Gasteiger partial charge in [0.25, 0.3) is 0 Å². The molecule has 24 heavy (non-hydrogen) atoms. The van der Waals surface area contributed by atoms with Crippen LogP contribution in [-0.2, 0) is 36.9 Å². The van der Waals surface area contributed by atoms with Gasteiger partial charge < -0.3 is 9.47 Å². The first-order valence-electron chi connectivity index (χ1n) is 7.72. The molecule has 1 aliphatic carbocycles. The SMILES string of the molecule is O=C(C1CCc2n[nH]nc2C1)N1CCn2c(cnc2C(F)(F)F)C1. The molecule has 10 heteroatoms. The van der Waals surface area contributed by atoms with Gasteiger partial charge in [-0.3, -0.25) is 4.79 Å². The molecule has 2 aliphatic rings. The summed E-state index contributed by atoms with van der Waals surface area (Å²) >= 11 is 0. The molecule has 4 rings (SSSR count). The number of imidazole rings is 1. The Bertz CT molecular complexity index is 780. The van der Waals surface area contributed by atoms with E-state index in [-0.39, 0.29) is 31.5 Å². The van der Waals surface area contributed by atoms with Crippen molar-refractivity contribution >= 4 is 5.91 Å². The second kappa shape index (κ2) is 5.32. The quantitative estimate of drug-likeness (QED) is 0.845. The van der Waals surface area contributed by atoms with E-state index in [9.17, 15) is 18.0 Å². The molecule has 1 N–H and O–H groups in total. The molecule has 0 spiro atoms. The fourth-order valence-corrected chi connectivity index (χ4v) is 3.45. The Kier molecular flexibility index (Phi) is 3.36. The number of aromatic nitrogens is 5. The van der Waals surface area contributed by atoms with Crippen molar-refractivity contribution in [2.45, 2.75) is 38.5 Å². The van der Waals surface area contributed by atoms with Crippen LogP contribution in [0.3, 0.4) is 0 Å². The third-order valence-corrected chi connectivity index (χ3v) is 4.67. The molecule has 2 aromatic rings. The van der Waals surface area contributed by atoms with Crippen molar-refractivity contribution in [3.63, 3.8) is 0 Å². The van der Waals surface area contributed by atoms with Crippen LogP contribution >= 0.6 is 0 Å². The van der Waals surface area contributed by atoms with Crippen LogP contribution < -0.4 is 0 Å². The highest BCUT2D eigenvalue weighted by Crippen LogP contribution is 2.31. The molecule has 128 valence electrons. The third-order valence-electron chi connectivity index (χ3n) is 4.67. The maximum absolute atomic E-state index is 12.9. The number of nitrogens with one attached hydrogen (secondary N) is 1. The van der Waals surface area contributed by atoms with Gasteiger partial charge >= 0.3 is 6.18 Å². The zero-order valence-electron chi connectivity index (χ0n) is 12.7. The summed E-state index contributed by atoms with van der Waals surface area (Å²) in [5, 5.41) is 10.7. The van der Waals surface area contributed by atoms with Crippen molar-refractivity contribution in [2.75, 3.05) is 6.54 Å². The first kappa shape index (κ1) is 15.2. The molecule has 7 nitrogen and oxygen atoms in total. The summed E-state index contributed by atoms with van der Waals surface area (Å²) < 4.78 is 39.8. The number of aromatic amines is 1. The molecule has 1 amide bonds. The molecule has 0 saturated heterocycles. The number of alkyl halides is 3. The van der Waals surface area contributed by atoms with E-state index in [0.717, 1.165) is 16.0 Å². The molecule has 0 aromatic carbocycles. The minimum absolute atomic E-state index is 0.0374. The second-order valence-electron chi connectivity index (χ2n) is 6.14. The third kappa shape index (κ3) is 2.45. The number of hydrogen-bond donors (Lipinski definition) is 1. The van der Waals surface area contributed by atoms with Crippen molar-refractivity contribution in [3.05, 3.63) is 29.1 Å².